The lowest BCUT2D eigenvalue weighted by atomic mass is 10.1. The third kappa shape index (κ3) is 4.75. The fraction of sp³-hybridized carbons (Fsp3) is 0.211. The number of urea groups is 1. The van der Waals surface area contributed by atoms with Crippen molar-refractivity contribution in [2.24, 2.45) is 0 Å². The highest BCUT2D eigenvalue weighted by atomic mass is 32.2. The molecule has 11 heteroatoms. The minimum Gasteiger partial charge on any atom is -0.314 e. The molecule has 158 valence electrons. The number of benzene rings is 2. The summed E-state index contributed by atoms with van der Waals surface area (Å²) in [4.78, 5) is 37.4. The number of rotatable bonds is 4. The highest BCUT2D eigenvalue weighted by Gasteiger charge is 2.28. The lowest BCUT2D eigenvalue weighted by molar-refractivity contribution is -0.120. The van der Waals surface area contributed by atoms with Crippen LogP contribution in [0.5, 0.6) is 0 Å². The monoisotopic (exact) mass is 431 g/mol. The number of nitrogens with one attached hydrogen (secondary N) is 4. The molecule has 1 aliphatic rings. The Morgan fingerprint density at radius 1 is 1.13 bits per heavy atom. The number of carbonyl (C=O) groups is 3. The number of sulfonamides is 1. The molecule has 0 radical (unpaired) electrons. The molecule has 10 nitrogen and oxygen atoms in total. The van der Waals surface area contributed by atoms with Gasteiger partial charge in [-0.25, -0.2) is 17.9 Å². The van der Waals surface area contributed by atoms with Crippen LogP contribution in [0.4, 0.5) is 16.2 Å². The normalized spacial score (nSPS) is 16.3. The maximum absolute atomic E-state index is 12.7. The van der Waals surface area contributed by atoms with Crippen molar-refractivity contribution in [1.82, 2.24) is 15.4 Å². The van der Waals surface area contributed by atoms with Gasteiger partial charge in [0, 0.05) is 31.9 Å². The summed E-state index contributed by atoms with van der Waals surface area (Å²) in [7, 11) is -2.42. The van der Waals surface area contributed by atoms with Gasteiger partial charge in [0.1, 0.15) is 0 Å². The van der Waals surface area contributed by atoms with E-state index in [-0.39, 0.29) is 16.5 Å². The number of para-hydroxylation sites is 1. The molecule has 0 saturated carbocycles. The topological polar surface area (TPSA) is 137 Å². The number of carbonyl (C=O) groups excluding carboxylic acids is 3. The van der Waals surface area contributed by atoms with E-state index in [0.29, 0.717) is 6.54 Å². The van der Waals surface area contributed by atoms with E-state index in [4.69, 9.17) is 0 Å². The molecular formula is C19H21N5O5S. The first-order valence-corrected chi connectivity index (χ1v) is 10.5. The van der Waals surface area contributed by atoms with Crippen LogP contribution in [0.2, 0.25) is 0 Å². The molecule has 0 fully saturated rings. The Morgan fingerprint density at radius 3 is 2.60 bits per heavy atom. The van der Waals surface area contributed by atoms with Crippen molar-refractivity contribution >= 4 is 39.2 Å². The molecule has 0 saturated heterocycles. The van der Waals surface area contributed by atoms with Crippen molar-refractivity contribution in [3.63, 3.8) is 0 Å². The van der Waals surface area contributed by atoms with Crippen LogP contribution >= 0.6 is 0 Å². The summed E-state index contributed by atoms with van der Waals surface area (Å²) in [6.45, 7) is 1.46. The van der Waals surface area contributed by atoms with Crippen molar-refractivity contribution in [2.45, 2.75) is 24.5 Å². The summed E-state index contributed by atoms with van der Waals surface area (Å²) in [6, 6.07) is 12.1. The number of hydrogen-bond donors (Lipinski definition) is 4. The smallest absolute Gasteiger partial charge is 0.314 e. The van der Waals surface area contributed by atoms with Crippen LogP contribution in [-0.2, 0) is 26.2 Å². The summed E-state index contributed by atoms with van der Waals surface area (Å²) < 4.78 is 26.1. The van der Waals surface area contributed by atoms with Gasteiger partial charge < -0.3 is 15.5 Å². The summed E-state index contributed by atoms with van der Waals surface area (Å²) in [6.07, 6.45) is -0.978. The Morgan fingerprint density at radius 2 is 1.87 bits per heavy atom. The number of anilines is 2. The zero-order valence-electron chi connectivity index (χ0n) is 16.3. The predicted octanol–water partition coefficient (Wildman–Crippen LogP) is 0.725. The molecule has 30 heavy (non-hydrogen) atoms. The first-order valence-electron chi connectivity index (χ1n) is 8.97. The Bertz CT molecular complexity index is 1100. The van der Waals surface area contributed by atoms with Gasteiger partial charge in [0.25, 0.3) is 15.9 Å². The second-order valence-corrected chi connectivity index (χ2v) is 8.31. The molecule has 0 aliphatic carbocycles. The van der Waals surface area contributed by atoms with Crippen molar-refractivity contribution in [3.05, 3.63) is 54.1 Å². The molecule has 0 bridgehead atoms. The van der Waals surface area contributed by atoms with Gasteiger partial charge in [-0.3, -0.25) is 14.9 Å². The highest BCUT2D eigenvalue weighted by molar-refractivity contribution is 7.90. The average Bonchev–Trinajstić information content (AvgIpc) is 2.80. The Balaban J connectivity index is 1.70. The van der Waals surface area contributed by atoms with Gasteiger partial charge >= 0.3 is 6.03 Å². The van der Waals surface area contributed by atoms with Crippen LogP contribution in [0, 0.1) is 0 Å². The maximum atomic E-state index is 12.7. The number of likely N-dealkylation sites (N-methyl/N-ethyl adjacent to an activating group) is 1. The lowest BCUT2D eigenvalue weighted by Gasteiger charge is -2.22. The minimum atomic E-state index is -4.04. The lowest BCUT2D eigenvalue weighted by Crippen LogP contribution is -2.54. The van der Waals surface area contributed by atoms with Crippen LogP contribution in [0.1, 0.15) is 12.5 Å². The van der Waals surface area contributed by atoms with E-state index >= 15 is 0 Å². The summed E-state index contributed by atoms with van der Waals surface area (Å²) in [5.41, 5.74) is 1.83. The number of fused-ring (bicyclic) bond motifs is 1. The second kappa shape index (κ2) is 8.51. The zero-order valence-corrected chi connectivity index (χ0v) is 17.1. The molecule has 0 aromatic heterocycles. The molecule has 3 rings (SSSR count). The highest BCUT2D eigenvalue weighted by Crippen LogP contribution is 2.22. The van der Waals surface area contributed by atoms with Crippen LogP contribution in [0.15, 0.2) is 53.4 Å². The van der Waals surface area contributed by atoms with Crippen molar-refractivity contribution in [2.75, 3.05) is 17.3 Å². The summed E-state index contributed by atoms with van der Waals surface area (Å²) >= 11 is 0. The zero-order chi connectivity index (χ0) is 21.9. The van der Waals surface area contributed by atoms with Crippen molar-refractivity contribution in [3.8, 4) is 0 Å². The van der Waals surface area contributed by atoms with Gasteiger partial charge in [-0.1, -0.05) is 24.3 Å². The average molecular weight is 431 g/mol. The van der Waals surface area contributed by atoms with E-state index in [0.717, 1.165) is 18.2 Å². The molecule has 0 spiro atoms. The van der Waals surface area contributed by atoms with Crippen LogP contribution in [0.3, 0.4) is 0 Å². The molecule has 2 aromatic carbocycles. The maximum Gasteiger partial charge on any atom is 0.320 e. The molecular weight excluding hydrogens is 410 g/mol. The molecule has 4 N–H and O–H groups in total. The van der Waals surface area contributed by atoms with E-state index in [2.05, 4.69) is 16.0 Å². The SMILES string of the molecule is CC(=O)NS(=O)(=O)c1cccc(NC(=O)NC2NCc3ccccc3N(C)C2=O)c1. The number of amides is 4. The standard InChI is InChI=1S/C19H21N5O5S/c1-12(25)23-30(28,29)15-8-5-7-14(10-15)21-19(27)22-17-18(26)24(2)16-9-4-3-6-13(16)11-20-17/h3-10,17,20H,11H2,1-2H3,(H,23,25)(H2,21,22,27). The third-order valence-corrected chi connectivity index (χ3v) is 5.81. The van der Waals surface area contributed by atoms with Crippen LogP contribution in [-0.4, -0.2) is 39.5 Å². The van der Waals surface area contributed by atoms with Gasteiger partial charge in [-0.15, -0.1) is 0 Å². The predicted molar refractivity (Wildman–Crippen MR) is 110 cm³/mol. The van der Waals surface area contributed by atoms with E-state index < -0.39 is 28.1 Å². The summed E-state index contributed by atoms with van der Waals surface area (Å²) in [5, 5.41) is 8.02. The summed E-state index contributed by atoms with van der Waals surface area (Å²) in [5.74, 6) is -1.08. The van der Waals surface area contributed by atoms with Gasteiger partial charge in [0.05, 0.1) is 4.90 Å². The fourth-order valence-electron chi connectivity index (χ4n) is 3.00. The molecule has 1 unspecified atom stereocenters. The van der Waals surface area contributed by atoms with Crippen LogP contribution in [0.25, 0.3) is 0 Å². The Hall–Kier alpha value is -3.44. The molecule has 1 heterocycles. The van der Waals surface area contributed by atoms with Gasteiger partial charge in [0.2, 0.25) is 5.91 Å². The Kier molecular flexibility index (Phi) is 6.04. The van der Waals surface area contributed by atoms with Crippen molar-refractivity contribution < 1.29 is 22.8 Å². The molecule has 2 aromatic rings. The largest absolute Gasteiger partial charge is 0.320 e. The van der Waals surface area contributed by atoms with E-state index in [1.807, 2.05) is 29.0 Å². The number of hydrogen-bond acceptors (Lipinski definition) is 6. The fourth-order valence-corrected chi connectivity index (χ4v) is 4.04. The number of nitrogens with zero attached hydrogens (tertiary/aromatic N) is 1. The third-order valence-electron chi connectivity index (χ3n) is 4.38. The van der Waals surface area contributed by atoms with E-state index in [9.17, 15) is 22.8 Å². The van der Waals surface area contributed by atoms with Gasteiger partial charge in [-0.2, -0.15) is 0 Å². The van der Waals surface area contributed by atoms with Crippen molar-refractivity contribution in [1.29, 1.82) is 0 Å². The van der Waals surface area contributed by atoms with Gasteiger partial charge in [-0.05, 0) is 29.8 Å². The molecule has 1 aliphatic heterocycles. The minimum absolute atomic E-state index is 0.177. The quantitative estimate of drug-likeness (QED) is 0.563. The molecule has 1 atom stereocenters. The van der Waals surface area contributed by atoms with E-state index in [1.54, 1.807) is 7.05 Å². The first-order chi connectivity index (χ1) is 14.2. The first kappa shape index (κ1) is 21.3. The molecule has 4 amide bonds. The van der Waals surface area contributed by atoms with E-state index in [1.165, 1.54) is 29.2 Å². The second-order valence-electron chi connectivity index (χ2n) is 6.63. The Labute approximate surface area is 173 Å². The van der Waals surface area contributed by atoms with Gasteiger partial charge in [0.15, 0.2) is 6.17 Å². The van der Waals surface area contributed by atoms with Crippen LogP contribution < -0.4 is 25.6 Å².